The number of piperidine rings is 1. The maximum absolute atomic E-state index is 12.1. The molecule has 1 aliphatic carbocycles. The van der Waals surface area contributed by atoms with E-state index in [1.807, 2.05) is 37.5 Å². The van der Waals surface area contributed by atoms with Crippen LogP contribution in [0.5, 0.6) is 0 Å². The van der Waals surface area contributed by atoms with Gasteiger partial charge in [-0.1, -0.05) is 44.6 Å². The summed E-state index contributed by atoms with van der Waals surface area (Å²) in [4.78, 5) is 8.29. The summed E-state index contributed by atoms with van der Waals surface area (Å²) in [5.74, 6) is 0. The first kappa shape index (κ1) is 25.7. The number of pyridine rings is 1. The number of benzene rings is 1. The molecule has 176 valence electrons. The number of aliphatic imine (C=N–C) groups is 1. The lowest BCUT2D eigenvalue weighted by molar-refractivity contribution is 0.262. The van der Waals surface area contributed by atoms with Gasteiger partial charge in [-0.2, -0.15) is 0 Å². The molecule has 1 aromatic carbocycles. The molecule has 2 aromatic rings. The predicted molar refractivity (Wildman–Crippen MR) is 134 cm³/mol. The maximum Gasteiger partial charge on any atom is 0.103 e. The van der Waals surface area contributed by atoms with Gasteiger partial charge < -0.3 is 22.1 Å². The average molecular weight is 443 g/mol. The van der Waals surface area contributed by atoms with E-state index in [1.165, 1.54) is 44.9 Å². The van der Waals surface area contributed by atoms with Crippen molar-refractivity contribution in [2.24, 2.45) is 16.5 Å². The van der Waals surface area contributed by atoms with E-state index in [1.54, 1.807) is 6.20 Å². The van der Waals surface area contributed by atoms with Gasteiger partial charge in [0.15, 0.2) is 0 Å². The molecule has 0 unspecified atom stereocenters. The van der Waals surface area contributed by atoms with Crippen LogP contribution in [0.25, 0.3) is 11.1 Å². The van der Waals surface area contributed by atoms with Crippen molar-refractivity contribution < 1.29 is 4.39 Å². The highest BCUT2D eigenvalue weighted by molar-refractivity contribution is 5.71. The van der Waals surface area contributed by atoms with Gasteiger partial charge >= 0.3 is 0 Å². The smallest absolute Gasteiger partial charge is 0.103 e. The Labute approximate surface area is 192 Å². The number of nitrogens with zero attached hydrogens (tertiary/aromatic N) is 2. The van der Waals surface area contributed by atoms with Crippen LogP contribution in [-0.4, -0.2) is 37.6 Å². The molecule has 1 aliphatic heterocycles. The average Bonchev–Trinajstić information content (AvgIpc) is 2.87. The molecule has 1 saturated carbocycles. The van der Waals surface area contributed by atoms with Crippen molar-refractivity contribution in [3.05, 3.63) is 42.2 Å². The van der Waals surface area contributed by atoms with Gasteiger partial charge in [0.1, 0.15) is 6.17 Å². The van der Waals surface area contributed by atoms with Gasteiger partial charge in [-0.15, -0.1) is 0 Å². The van der Waals surface area contributed by atoms with Crippen molar-refractivity contribution in [3.63, 3.8) is 0 Å². The molecule has 0 amide bonds. The minimum absolute atomic E-state index is 0.416. The second-order valence-electron chi connectivity index (χ2n) is 8.08. The van der Waals surface area contributed by atoms with Crippen LogP contribution in [0.1, 0.15) is 56.9 Å². The van der Waals surface area contributed by atoms with E-state index in [0.717, 1.165) is 41.2 Å². The number of alkyl halides is 1. The third kappa shape index (κ3) is 9.32. The van der Waals surface area contributed by atoms with Crippen molar-refractivity contribution in [1.29, 1.82) is 0 Å². The lowest BCUT2D eigenvalue weighted by atomic mass is 10.0. The molecule has 0 spiro atoms. The Morgan fingerprint density at radius 1 is 1.06 bits per heavy atom. The second kappa shape index (κ2) is 15.3. The maximum atomic E-state index is 12.1. The second-order valence-corrected chi connectivity index (χ2v) is 8.08. The molecule has 2 fully saturated rings. The van der Waals surface area contributed by atoms with Crippen LogP contribution >= 0.6 is 0 Å². The van der Waals surface area contributed by atoms with Gasteiger partial charge in [0.2, 0.25) is 0 Å². The van der Waals surface area contributed by atoms with Crippen LogP contribution in [0.15, 0.2) is 41.7 Å². The van der Waals surface area contributed by atoms with Crippen LogP contribution in [-0.2, 0) is 6.54 Å². The summed E-state index contributed by atoms with van der Waals surface area (Å²) in [5, 5.41) is 6.15. The largest absolute Gasteiger partial charge is 0.390 e. The van der Waals surface area contributed by atoms with E-state index >= 15 is 0 Å². The monoisotopic (exact) mass is 442 g/mol. The van der Waals surface area contributed by atoms with Gasteiger partial charge in [0.05, 0.1) is 17.7 Å². The minimum Gasteiger partial charge on any atom is -0.390 e. The van der Waals surface area contributed by atoms with Crippen LogP contribution in [0, 0.1) is 0 Å². The standard InChI is InChI=1S/C14H17N5.C6H12.C5H10FN/c1-17-13-5-12(7-18-8-13)10-2-3-14(19-9-16)11(4-10)6-15;1-2-4-6-5-3-1;6-5-1-3-7-4-2-5/h2-5,7-9,17H,6,15H2,1H3,(H2,16,19);1-6H2;5,7H,1-4H2. The minimum atomic E-state index is -0.527. The molecular formula is C25H39FN6. The summed E-state index contributed by atoms with van der Waals surface area (Å²) in [7, 11) is 1.87. The summed E-state index contributed by atoms with van der Waals surface area (Å²) >= 11 is 0. The van der Waals surface area contributed by atoms with Crippen molar-refractivity contribution in [2.45, 2.75) is 64.1 Å². The van der Waals surface area contributed by atoms with E-state index < -0.39 is 6.17 Å². The number of hydrogen-bond acceptors (Lipinski definition) is 5. The SMILES string of the molecule is C1CCCCC1.CNc1cncc(-c2ccc(N=CN)c(CN)c2)c1.FC1CCNCC1. The summed E-state index contributed by atoms with van der Waals surface area (Å²) in [6, 6.07) is 7.94. The fraction of sp³-hybridized carbons (Fsp3) is 0.520. The Bertz CT molecular complexity index is 789. The van der Waals surface area contributed by atoms with Crippen molar-refractivity contribution in [1.82, 2.24) is 10.3 Å². The molecule has 2 aliphatic rings. The zero-order valence-corrected chi connectivity index (χ0v) is 19.3. The molecule has 1 saturated heterocycles. The molecule has 4 rings (SSSR count). The quantitative estimate of drug-likeness (QED) is 0.398. The number of rotatable bonds is 4. The molecule has 2 heterocycles. The highest BCUT2D eigenvalue weighted by Gasteiger charge is 2.09. The van der Waals surface area contributed by atoms with Crippen LogP contribution < -0.4 is 22.1 Å². The molecule has 6 N–H and O–H groups in total. The molecule has 7 heteroatoms. The Morgan fingerprint density at radius 3 is 2.22 bits per heavy atom. The molecular weight excluding hydrogens is 403 g/mol. The van der Waals surface area contributed by atoms with Crippen molar-refractivity contribution in [2.75, 3.05) is 25.5 Å². The first-order chi connectivity index (χ1) is 15.7. The van der Waals surface area contributed by atoms with Crippen LogP contribution in [0.3, 0.4) is 0 Å². The first-order valence-corrected chi connectivity index (χ1v) is 11.7. The Morgan fingerprint density at radius 2 is 1.72 bits per heavy atom. The van der Waals surface area contributed by atoms with Gasteiger partial charge in [-0.3, -0.25) is 4.98 Å². The van der Waals surface area contributed by atoms with E-state index in [0.29, 0.717) is 19.4 Å². The Balaban J connectivity index is 0.000000225. The summed E-state index contributed by atoms with van der Waals surface area (Å²) in [5.41, 5.74) is 15.9. The highest BCUT2D eigenvalue weighted by atomic mass is 19.1. The highest BCUT2D eigenvalue weighted by Crippen LogP contribution is 2.27. The molecule has 32 heavy (non-hydrogen) atoms. The number of aromatic nitrogens is 1. The molecule has 0 radical (unpaired) electrons. The lowest BCUT2D eigenvalue weighted by Crippen LogP contribution is -2.28. The molecule has 1 aromatic heterocycles. The number of anilines is 1. The normalized spacial score (nSPS) is 16.5. The van der Waals surface area contributed by atoms with Gasteiger partial charge in [0, 0.05) is 31.5 Å². The first-order valence-electron chi connectivity index (χ1n) is 11.7. The third-order valence-corrected chi connectivity index (χ3v) is 5.64. The van der Waals surface area contributed by atoms with E-state index in [2.05, 4.69) is 20.6 Å². The van der Waals surface area contributed by atoms with Crippen LogP contribution in [0.4, 0.5) is 15.8 Å². The van der Waals surface area contributed by atoms with Gasteiger partial charge in [-0.05, 0) is 55.3 Å². The lowest BCUT2D eigenvalue weighted by Gasteiger charge is -2.14. The van der Waals surface area contributed by atoms with Crippen LogP contribution in [0.2, 0.25) is 0 Å². The zero-order chi connectivity index (χ0) is 23.0. The molecule has 0 atom stereocenters. The Kier molecular flexibility index (Phi) is 12.3. The van der Waals surface area contributed by atoms with E-state index in [4.69, 9.17) is 11.5 Å². The zero-order valence-electron chi connectivity index (χ0n) is 19.3. The summed E-state index contributed by atoms with van der Waals surface area (Å²) in [6.45, 7) is 2.14. The Hall–Kier alpha value is -2.51. The topological polar surface area (TPSA) is 101 Å². The predicted octanol–water partition coefficient (Wildman–Crippen LogP) is 4.92. The number of halogens is 1. The van der Waals surface area contributed by atoms with Crippen molar-refractivity contribution in [3.8, 4) is 11.1 Å². The van der Waals surface area contributed by atoms with Gasteiger partial charge in [-0.25, -0.2) is 9.38 Å². The molecule has 0 bridgehead atoms. The number of nitrogens with one attached hydrogen (secondary N) is 2. The van der Waals surface area contributed by atoms with E-state index in [-0.39, 0.29) is 0 Å². The summed E-state index contributed by atoms with van der Waals surface area (Å²) < 4.78 is 12.1. The number of hydrogen-bond donors (Lipinski definition) is 4. The van der Waals surface area contributed by atoms with Gasteiger partial charge in [0.25, 0.3) is 0 Å². The van der Waals surface area contributed by atoms with E-state index in [9.17, 15) is 4.39 Å². The molecule has 6 nitrogen and oxygen atoms in total. The third-order valence-electron chi connectivity index (χ3n) is 5.64. The number of nitrogens with two attached hydrogens (primary N) is 2. The fourth-order valence-electron chi connectivity index (χ4n) is 3.72. The summed E-state index contributed by atoms with van der Waals surface area (Å²) in [6.07, 6.45) is 14.8. The van der Waals surface area contributed by atoms with Crippen molar-refractivity contribution >= 4 is 17.7 Å². The fourth-order valence-corrected chi connectivity index (χ4v) is 3.72.